The van der Waals surface area contributed by atoms with Crippen molar-refractivity contribution in [1.29, 1.82) is 0 Å². The summed E-state index contributed by atoms with van der Waals surface area (Å²) in [6, 6.07) is 10.9. The Kier molecular flexibility index (Phi) is 4.72. The van der Waals surface area contributed by atoms with Gasteiger partial charge in [0.2, 0.25) is 0 Å². The predicted molar refractivity (Wildman–Crippen MR) is 96.7 cm³/mol. The highest BCUT2D eigenvalue weighted by Gasteiger charge is 2.35. The Morgan fingerprint density at radius 2 is 2.00 bits per heavy atom. The van der Waals surface area contributed by atoms with Crippen molar-refractivity contribution in [2.45, 2.75) is 31.9 Å². The van der Waals surface area contributed by atoms with E-state index in [4.69, 9.17) is 23.2 Å². The van der Waals surface area contributed by atoms with Crippen LogP contribution in [0.1, 0.15) is 30.0 Å². The van der Waals surface area contributed by atoms with Crippen LogP contribution in [0.2, 0.25) is 10.0 Å². The van der Waals surface area contributed by atoms with Crippen LogP contribution in [0, 0.1) is 0 Å². The number of benzene rings is 2. The number of nitrogens with one attached hydrogen (secondary N) is 2. The molecule has 1 atom stereocenters. The zero-order chi connectivity index (χ0) is 17.3. The van der Waals surface area contributed by atoms with Gasteiger partial charge in [0.25, 0.3) is 0 Å². The third kappa shape index (κ3) is 3.36. The summed E-state index contributed by atoms with van der Waals surface area (Å²) < 4.78 is 0. The SMILES string of the molecule is CC1(O)CCc2c1cc(Cl)c(NC(=O)NCc1ccccc1)c2Cl. The van der Waals surface area contributed by atoms with Crippen molar-refractivity contribution in [1.82, 2.24) is 5.32 Å². The number of anilines is 1. The minimum absolute atomic E-state index is 0.316. The van der Waals surface area contributed by atoms with Gasteiger partial charge in [0.1, 0.15) is 0 Å². The van der Waals surface area contributed by atoms with Gasteiger partial charge in [-0.1, -0.05) is 53.5 Å². The minimum atomic E-state index is -0.934. The highest BCUT2D eigenvalue weighted by molar-refractivity contribution is 6.40. The summed E-state index contributed by atoms with van der Waals surface area (Å²) in [4.78, 5) is 12.1. The molecule has 0 bridgehead atoms. The number of hydrogen-bond acceptors (Lipinski definition) is 2. The van der Waals surface area contributed by atoms with Crippen LogP contribution in [0.5, 0.6) is 0 Å². The van der Waals surface area contributed by atoms with E-state index in [0.29, 0.717) is 35.1 Å². The second kappa shape index (κ2) is 6.63. The summed E-state index contributed by atoms with van der Waals surface area (Å²) in [5.74, 6) is 0. The molecule has 1 aliphatic rings. The molecule has 2 aromatic carbocycles. The lowest BCUT2D eigenvalue weighted by Gasteiger charge is -2.20. The first-order valence-corrected chi connectivity index (χ1v) is 8.46. The number of hydrogen-bond donors (Lipinski definition) is 3. The topological polar surface area (TPSA) is 61.4 Å². The monoisotopic (exact) mass is 364 g/mol. The Hall–Kier alpha value is -1.75. The third-order valence-electron chi connectivity index (χ3n) is 4.30. The molecule has 4 nitrogen and oxygen atoms in total. The molecular formula is C18H18Cl2N2O2. The second-order valence-electron chi connectivity index (χ2n) is 6.14. The van der Waals surface area contributed by atoms with E-state index in [1.165, 1.54) is 0 Å². The van der Waals surface area contributed by atoms with Crippen molar-refractivity contribution < 1.29 is 9.90 Å². The van der Waals surface area contributed by atoms with Crippen molar-refractivity contribution in [3.8, 4) is 0 Å². The first-order chi connectivity index (χ1) is 11.4. The van der Waals surface area contributed by atoms with Crippen LogP contribution in [0.3, 0.4) is 0 Å². The van der Waals surface area contributed by atoms with E-state index in [-0.39, 0.29) is 6.03 Å². The smallest absolute Gasteiger partial charge is 0.319 e. The molecule has 0 aromatic heterocycles. The zero-order valence-corrected chi connectivity index (χ0v) is 14.7. The maximum Gasteiger partial charge on any atom is 0.319 e. The minimum Gasteiger partial charge on any atom is -0.385 e. The molecule has 0 spiro atoms. The van der Waals surface area contributed by atoms with Gasteiger partial charge in [0.05, 0.1) is 21.3 Å². The molecule has 24 heavy (non-hydrogen) atoms. The molecule has 0 heterocycles. The summed E-state index contributed by atoms with van der Waals surface area (Å²) in [6.07, 6.45) is 1.24. The average molecular weight is 365 g/mol. The van der Waals surface area contributed by atoms with Gasteiger partial charge in [-0.05, 0) is 42.5 Å². The van der Waals surface area contributed by atoms with E-state index in [0.717, 1.165) is 16.7 Å². The van der Waals surface area contributed by atoms with E-state index in [1.54, 1.807) is 13.0 Å². The van der Waals surface area contributed by atoms with E-state index >= 15 is 0 Å². The van der Waals surface area contributed by atoms with Gasteiger partial charge in [0, 0.05) is 6.54 Å². The summed E-state index contributed by atoms with van der Waals surface area (Å²) in [5.41, 5.74) is 2.00. The number of rotatable bonds is 3. The van der Waals surface area contributed by atoms with Crippen molar-refractivity contribution in [3.05, 3.63) is 63.1 Å². The number of fused-ring (bicyclic) bond motifs is 1. The summed E-state index contributed by atoms with van der Waals surface area (Å²) in [7, 11) is 0. The first kappa shape index (κ1) is 17.1. The fourth-order valence-corrected chi connectivity index (χ4v) is 3.58. The molecule has 0 saturated carbocycles. The number of amides is 2. The van der Waals surface area contributed by atoms with Gasteiger partial charge in [-0.25, -0.2) is 4.79 Å². The van der Waals surface area contributed by atoms with Gasteiger partial charge in [-0.2, -0.15) is 0 Å². The van der Waals surface area contributed by atoms with Gasteiger partial charge in [-0.15, -0.1) is 0 Å². The van der Waals surface area contributed by atoms with E-state index in [1.807, 2.05) is 30.3 Å². The Labute approximate surface area is 150 Å². The molecule has 3 rings (SSSR count). The molecular weight excluding hydrogens is 347 g/mol. The van der Waals surface area contributed by atoms with Crippen LogP contribution < -0.4 is 10.6 Å². The first-order valence-electron chi connectivity index (χ1n) is 7.71. The highest BCUT2D eigenvalue weighted by atomic mass is 35.5. The molecule has 0 aliphatic heterocycles. The van der Waals surface area contributed by atoms with E-state index in [9.17, 15) is 9.90 Å². The highest BCUT2D eigenvalue weighted by Crippen LogP contribution is 2.45. The van der Waals surface area contributed by atoms with Crippen LogP contribution >= 0.6 is 23.2 Å². The van der Waals surface area contributed by atoms with Crippen molar-refractivity contribution in [3.63, 3.8) is 0 Å². The average Bonchev–Trinajstić information content (AvgIpc) is 2.86. The van der Waals surface area contributed by atoms with Gasteiger partial charge in [0.15, 0.2) is 0 Å². The van der Waals surface area contributed by atoms with Crippen LogP contribution in [0.4, 0.5) is 10.5 Å². The van der Waals surface area contributed by atoms with Crippen molar-refractivity contribution in [2.75, 3.05) is 5.32 Å². The number of carbonyl (C=O) groups is 1. The molecule has 126 valence electrons. The number of urea groups is 1. The molecule has 0 saturated heterocycles. The molecule has 2 aromatic rings. The van der Waals surface area contributed by atoms with Crippen LogP contribution in [0.25, 0.3) is 0 Å². The van der Waals surface area contributed by atoms with Crippen molar-refractivity contribution in [2.24, 2.45) is 0 Å². The number of aliphatic hydroxyl groups is 1. The van der Waals surface area contributed by atoms with Crippen molar-refractivity contribution >= 4 is 34.9 Å². The van der Waals surface area contributed by atoms with E-state index < -0.39 is 5.60 Å². The lowest BCUT2D eigenvalue weighted by molar-refractivity contribution is 0.0595. The zero-order valence-electron chi connectivity index (χ0n) is 13.2. The van der Waals surface area contributed by atoms with Crippen LogP contribution in [-0.2, 0) is 18.6 Å². The predicted octanol–water partition coefficient (Wildman–Crippen LogP) is 4.47. The molecule has 6 heteroatoms. The fourth-order valence-electron chi connectivity index (χ4n) is 2.94. The van der Waals surface area contributed by atoms with Gasteiger partial charge in [-0.3, -0.25) is 0 Å². The second-order valence-corrected chi connectivity index (χ2v) is 6.93. The summed E-state index contributed by atoms with van der Waals surface area (Å²) in [5, 5.41) is 16.6. The lowest BCUT2D eigenvalue weighted by Crippen LogP contribution is -2.28. The van der Waals surface area contributed by atoms with Crippen LogP contribution in [-0.4, -0.2) is 11.1 Å². The summed E-state index contributed by atoms with van der Waals surface area (Å²) in [6.45, 7) is 2.15. The molecule has 1 aliphatic carbocycles. The quantitative estimate of drug-likeness (QED) is 0.752. The Morgan fingerprint density at radius 3 is 2.71 bits per heavy atom. The normalized spacial score (nSPS) is 19.0. The number of halogens is 2. The summed E-state index contributed by atoms with van der Waals surface area (Å²) >= 11 is 12.7. The van der Waals surface area contributed by atoms with Crippen LogP contribution in [0.15, 0.2) is 36.4 Å². The Bertz CT molecular complexity index is 776. The molecule has 0 fully saturated rings. The third-order valence-corrected chi connectivity index (χ3v) is 5.01. The fraction of sp³-hybridized carbons (Fsp3) is 0.278. The molecule has 2 amide bonds. The Morgan fingerprint density at radius 1 is 1.29 bits per heavy atom. The largest absolute Gasteiger partial charge is 0.385 e. The Balaban J connectivity index is 1.75. The lowest BCUT2D eigenvalue weighted by atomic mass is 9.98. The van der Waals surface area contributed by atoms with Gasteiger partial charge >= 0.3 is 6.03 Å². The van der Waals surface area contributed by atoms with Gasteiger partial charge < -0.3 is 15.7 Å². The van der Waals surface area contributed by atoms with E-state index in [2.05, 4.69) is 10.6 Å². The standard InChI is InChI=1S/C18H18Cl2N2O2/c1-18(24)8-7-12-13(18)9-14(19)16(15(12)20)22-17(23)21-10-11-5-3-2-4-6-11/h2-6,9,24H,7-8,10H2,1H3,(H2,21,22,23). The maximum atomic E-state index is 12.1. The molecule has 3 N–H and O–H groups in total. The molecule has 1 unspecified atom stereocenters. The maximum absolute atomic E-state index is 12.1. The number of carbonyl (C=O) groups excluding carboxylic acids is 1. The molecule has 0 radical (unpaired) electrons.